The maximum atomic E-state index is 13.7. The van der Waals surface area contributed by atoms with Crippen molar-refractivity contribution < 1.29 is 29.0 Å². The molecule has 2 aliphatic rings. The van der Waals surface area contributed by atoms with Gasteiger partial charge in [0.25, 0.3) is 5.56 Å². The minimum absolute atomic E-state index is 0.0682. The second-order valence-electron chi connectivity index (χ2n) is 8.04. The number of nitrogens with zero attached hydrogens (tertiary/aromatic N) is 3. The Kier molecular flexibility index (Phi) is 6.49. The minimum atomic E-state index is -0.846. The van der Waals surface area contributed by atoms with Crippen LogP contribution < -0.4 is 24.4 Å². The van der Waals surface area contributed by atoms with Crippen LogP contribution in [0.5, 0.6) is 17.2 Å². The third-order valence-corrected chi connectivity index (χ3v) is 7.59. The first kappa shape index (κ1) is 25.0. The molecule has 2 aromatic carbocycles. The average molecular weight is 635 g/mol. The van der Waals surface area contributed by atoms with E-state index in [-0.39, 0.29) is 27.1 Å². The van der Waals surface area contributed by atoms with E-state index in [1.807, 2.05) is 0 Å². The lowest BCUT2D eigenvalue weighted by molar-refractivity contribution is -0.386. The van der Waals surface area contributed by atoms with Crippen molar-refractivity contribution in [3.8, 4) is 17.2 Å². The molecular formula is C24H18IN3O8S. The molecule has 0 saturated carbocycles. The molecule has 0 spiro atoms. The van der Waals surface area contributed by atoms with Crippen LogP contribution in [0.25, 0.3) is 6.08 Å². The van der Waals surface area contributed by atoms with Gasteiger partial charge in [-0.05, 0) is 71.8 Å². The number of carbonyl (C=O) groups excluding carboxylic acids is 1. The van der Waals surface area contributed by atoms with Crippen LogP contribution >= 0.6 is 33.9 Å². The lowest BCUT2D eigenvalue weighted by Crippen LogP contribution is -2.39. The molecule has 0 radical (unpaired) electrons. The van der Waals surface area contributed by atoms with Crippen molar-refractivity contribution in [2.75, 3.05) is 13.4 Å². The second-order valence-corrected chi connectivity index (χ2v) is 10.2. The van der Waals surface area contributed by atoms with E-state index in [4.69, 9.17) is 14.2 Å². The Bertz CT molecular complexity index is 1690. The van der Waals surface area contributed by atoms with Gasteiger partial charge >= 0.3 is 11.7 Å². The van der Waals surface area contributed by atoms with E-state index < -0.39 is 33.9 Å². The van der Waals surface area contributed by atoms with Gasteiger partial charge in [0, 0.05) is 6.07 Å². The molecule has 0 amide bonds. The fourth-order valence-electron chi connectivity index (χ4n) is 4.17. The number of esters is 1. The molecule has 11 nitrogen and oxygen atoms in total. The highest BCUT2D eigenvalue weighted by Gasteiger charge is 2.34. The van der Waals surface area contributed by atoms with Gasteiger partial charge in [0.05, 0.1) is 36.9 Å². The number of allylic oxidation sites excluding steroid dienone is 1. The summed E-state index contributed by atoms with van der Waals surface area (Å²) in [5, 5.41) is 21.4. The third kappa shape index (κ3) is 4.37. The topological polar surface area (TPSA) is 142 Å². The van der Waals surface area contributed by atoms with Gasteiger partial charge in [-0.15, -0.1) is 0 Å². The lowest BCUT2D eigenvalue weighted by Gasteiger charge is -2.24. The van der Waals surface area contributed by atoms with E-state index in [1.54, 1.807) is 54.6 Å². The summed E-state index contributed by atoms with van der Waals surface area (Å²) in [5.41, 5.74) is 0.679. The van der Waals surface area contributed by atoms with Gasteiger partial charge in [-0.2, -0.15) is 0 Å². The maximum absolute atomic E-state index is 13.7. The number of nitro benzene ring substituents is 1. The van der Waals surface area contributed by atoms with Crippen molar-refractivity contribution in [3.63, 3.8) is 0 Å². The normalized spacial score (nSPS) is 16.4. The van der Waals surface area contributed by atoms with Crippen LogP contribution in [0.1, 0.15) is 31.0 Å². The Labute approximate surface area is 226 Å². The first-order valence-electron chi connectivity index (χ1n) is 11.0. The van der Waals surface area contributed by atoms with Crippen LogP contribution in [0.3, 0.4) is 0 Å². The summed E-state index contributed by atoms with van der Waals surface area (Å²) in [5.74, 6) is 0.00710. The summed E-state index contributed by atoms with van der Waals surface area (Å²) >= 11 is 2.88. The summed E-state index contributed by atoms with van der Waals surface area (Å²) < 4.78 is 18.1. The quantitative estimate of drug-likeness (QED) is 0.195. The highest BCUT2D eigenvalue weighted by Crippen LogP contribution is 2.38. The van der Waals surface area contributed by atoms with Gasteiger partial charge in [-0.1, -0.05) is 17.4 Å². The standard InChI is InChI=1S/C24H18IN3O8S/c1-3-34-23(31)19-11(2)26-24-27(20(19)13-4-5-16-17(9-13)36-10-35-16)22(30)18(37-24)8-12-6-14(25)21(29)15(7-12)28(32)33/h4-9,20,29H,3,10H2,1-2H3/b18-8-/t20-/m0/s1. The van der Waals surface area contributed by atoms with Crippen LogP contribution in [0.4, 0.5) is 5.69 Å². The largest absolute Gasteiger partial charge is 0.501 e. The molecule has 0 unspecified atom stereocenters. The average Bonchev–Trinajstić information content (AvgIpc) is 3.44. The minimum Gasteiger partial charge on any atom is -0.501 e. The van der Waals surface area contributed by atoms with Crippen LogP contribution in [0.2, 0.25) is 0 Å². The molecule has 1 atom stereocenters. The number of rotatable bonds is 5. The molecule has 190 valence electrons. The van der Waals surface area contributed by atoms with Crippen molar-refractivity contribution in [2.24, 2.45) is 4.99 Å². The highest BCUT2D eigenvalue weighted by atomic mass is 127. The van der Waals surface area contributed by atoms with E-state index in [0.29, 0.717) is 33.1 Å². The fraction of sp³-hybridized carbons (Fsp3) is 0.208. The summed E-state index contributed by atoms with van der Waals surface area (Å²) in [7, 11) is 0. The van der Waals surface area contributed by atoms with E-state index in [2.05, 4.69) is 4.99 Å². The number of nitro groups is 1. The monoisotopic (exact) mass is 635 g/mol. The Morgan fingerprint density at radius 3 is 2.84 bits per heavy atom. The van der Waals surface area contributed by atoms with E-state index in [0.717, 1.165) is 11.3 Å². The zero-order valence-electron chi connectivity index (χ0n) is 19.4. The van der Waals surface area contributed by atoms with Gasteiger partial charge in [0.1, 0.15) is 0 Å². The molecule has 37 heavy (non-hydrogen) atoms. The number of aromatic hydroxyl groups is 1. The molecule has 13 heteroatoms. The number of hydrogen-bond donors (Lipinski definition) is 1. The molecule has 3 heterocycles. The molecule has 2 aliphatic heterocycles. The molecule has 0 fully saturated rings. The first-order valence-corrected chi connectivity index (χ1v) is 12.8. The van der Waals surface area contributed by atoms with Crippen molar-refractivity contribution in [3.05, 3.63) is 86.1 Å². The van der Waals surface area contributed by atoms with Gasteiger partial charge in [-0.25, -0.2) is 9.79 Å². The van der Waals surface area contributed by atoms with Gasteiger partial charge < -0.3 is 19.3 Å². The molecule has 0 saturated heterocycles. The summed E-state index contributed by atoms with van der Waals surface area (Å²) in [6.45, 7) is 3.58. The van der Waals surface area contributed by atoms with Crippen LogP contribution in [0.15, 0.2) is 51.4 Å². The smallest absolute Gasteiger partial charge is 0.338 e. The Morgan fingerprint density at radius 2 is 2.11 bits per heavy atom. The molecule has 1 aromatic heterocycles. The SMILES string of the molecule is CCOC(=O)C1=C(C)N=c2s/c(=C\c3cc(I)c(O)c([N+](=O)[O-])c3)c(=O)n2[C@H]1c1ccc2c(c1)OCO2. The Balaban J connectivity index is 1.72. The van der Waals surface area contributed by atoms with Crippen LogP contribution in [-0.2, 0) is 9.53 Å². The number of aromatic nitrogens is 1. The van der Waals surface area contributed by atoms with E-state index in [1.165, 1.54) is 22.8 Å². The number of benzene rings is 2. The number of ether oxygens (including phenoxy) is 3. The molecule has 0 bridgehead atoms. The van der Waals surface area contributed by atoms with Gasteiger partial charge in [0.2, 0.25) is 12.5 Å². The van der Waals surface area contributed by atoms with Crippen LogP contribution in [-0.4, -0.2) is 34.0 Å². The number of phenolic OH excluding ortho intramolecular Hbond substituents is 1. The van der Waals surface area contributed by atoms with Crippen molar-refractivity contribution in [1.82, 2.24) is 4.57 Å². The predicted molar refractivity (Wildman–Crippen MR) is 140 cm³/mol. The van der Waals surface area contributed by atoms with Crippen molar-refractivity contribution in [2.45, 2.75) is 19.9 Å². The molecule has 3 aromatic rings. The maximum Gasteiger partial charge on any atom is 0.338 e. The molecule has 1 N–H and O–H groups in total. The van der Waals surface area contributed by atoms with Gasteiger partial charge in [-0.3, -0.25) is 19.5 Å². The number of hydrogen-bond acceptors (Lipinski definition) is 10. The zero-order valence-corrected chi connectivity index (χ0v) is 22.4. The highest BCUT2D eigenvalue weighted by molar-refractivity contribution is 14.1. The first-order chi connectivity index (χ1) is 17.7. The summed E-state index contributed by atoms with van der Waals surface area (Å²) in [4.78, 5) is 42.3. The lowest BCUT2D eigenvalue weighted by atomic mass is 9.95. The zero-order chi connectivity index (χ0) is 26.4. The third-order valence-electron chi connectivity index (χ3n) is 5.79. The van der Waals surface area contributed by atoms with Crippen molar-refractivity contribution >= 4 is 51.7 Å². The number of carbonyl (C=O) groups is 1. The fourth-order valence-corrected chi connectivity index (χ4v) is 5.85. The molecule has 5 rings (SSSR count). The Morgan fingerprint density at radius 1 is 1.35 bits per heavy atom. The molecular weight excluding hydrogens is 617 g/mol. The number of halogens is 1. The summed E-state index contributed by atoms with van der Waals surface area (Å²) in [6.07, 6.45) is 1.50. The van der Waals surface area contributed by atoms with E-state index >= 15 is 0 Å². The number of fused-ring (bicyclic) bond motifs is 2. The van der Waals surface area contributed by atoms with E-state index in [9.17, 15) is 24.8 Å². The van der Waals surface area contributed by atoms with Crippen molar-refractivity contribution in [1.29, 1.82) is 0 Å². The van der Waals surface area contributed by atoms with Crippen LogP contribution in [0, 0.1) is 13.7 Å². The molecule has 0 aliphatic carbocycles. The number of thiazole rings is 1. The van der Waals surface area contributed by atoms with Gasteiger partial charge in [0.15, 0.2) is 16.3 Å². The Hall–Kier alpha value is -3.72. The second kappa shape index (κ2) is 9.63. The number of phenols is 1. The predicted octanol–water partition coefficient (Wildman–Crippen LogP) is 2.75. The summed E-state index contributed by atoms with van der Waals surface area (Å²) in [6, 6.07) is 7.06.